The number of likely N-dealkylation sites (N-methyl/N-ethyl adjacent to an activating group) is 1. The van der Waals surface area contributed by atoms with Crippen LogP contribution >= 0.6 is 15.9 Å². The van der Waals surface area contributed by atoms with Crippen LogP contribution in [0.4, 0.5) is 5.69 Å². The molecule has 2 rings (SSSR count). The van der Waals surface area contributed by atoms with Crippen molar-refractivity contribution in [2.75, 3.05) is 30.8 Å². The van der Waals surface area contributed by atoms with Gasteiger partial charge < -0.3 is 15.0 Å². The normalized spacial score (nSPS) is 12.0. The van der Waals surface area contributed by atoms with E-state index in [0.717, 1.165) is 16.1 Å². The summed E-state index contributed by atoms with van der Waals surface area (Å²) in [6.07, 6.45) is 1.04. The van der Waals surface area contributed by atoms with Crippen molar-refractivity contribution in [2.45, 2.75) is 26.4 Å². The maximum absolute atomic E-state index is 13.3. The Kier molecular flexibility index (Phi) is 9.09. The number of halogens is 1. The molecule has 0 aliphatic rings. The van der Waals surface area contributed by atoms with E-state index in [1.54, 1.807) is 69.5 Å². The fourth-order valence-corrected chi connectivity index (χ4v) is 4.31. The first-order valence-electron chi connectivity index (χ1n) is 10.00. The maximum atomic E-state index is 13.3. The van der Waals surface area contributed by atoms with Crippen LogP contribution in [0.1, 0.15) is 19.4 Å². The molecule has 0 aromatic heterocycles. The number of nitrogens with zero attached hydrogens (tertiary/aromatic N) is 2. The van der Waals surface area contributed by atoms with E-state index in [0.29, 0.717) is 22.5 Å². The Labute approximate surface area is 197 Å². The first-order chi connectivity index (χ1) is 15.1. The summed E-state index contributed by atoms with van der Waals surface area (Å²) in [4.78, 5) is 27.2. The highest BCUT2D eigenvalue weighted by Gasteiger charge is 2.29. The predicted octanol–water partition coefficient (Wildman–Crippen LogP) is 2.78. The molecule has 0 aliphatic carbocycles. The van der Waals surface area contributed by atoms with E-state index >= 15 is 0 Å². The zero-order valence-electron chi connectivity index (χ0n) is 18.5. The highest BCUT2D eigenvalue weighted by atomic mass is 79.9. The molecule has 0 unspecified atom stereocenters. The Morgan fingerprint density at radius 1 is 1.16 bits per heavy atom. The molecule has 1 N–H and O–H groups in total. The molecule has 8 nitrogen and oxygen atoms in total. The number of carbonyl (C=O) groups is 2. The van der Waals surface area contributed by atoms with Crippen molar-refractivity contribution < 1.29 is 22.7 Å². The van der Waals surface area contributed by atoms with Crippen molar-refractivity contribution >= 4 is 43.5 Å². The van der Waals surface area contributed by atoms with Gasteiger partial charge in [0.2, 0.25) is 21.8 Å². The van der Waals surface area contributed by atoms with Crippen LogP contribution in [0.15, 0.2) is 53.0 Å². The van der Waals surface area contributed by atoms with Crippen LogP contribution in [0.2, 0.25) is 0 Å². The van der Waals surface area contributed by atoms with E-state index in [4.69, 9.17) is 4.74 Å². The van der Waals surface area contributed by atoms with Gasteiger partial charge in [-0.05, 0) is 49.7 Å². The highest BCUT2D eigenvalue weighted by Crippen LogP contribution is 2.23. The molecule has 0 radical (unpaired) electrons. The van der Waals surface area contributed by atoms with E-state index in [1.807, 2.05) is 0 Å². The summed E-state index contributed by atoms with van der Waals surface area (Å²) in [7, 11) is -2.19. The minimum atomic E-state index is -3.75. The molecule has 1 atom stereocenters. The van der Waals surface area contributed by atoms with Crippen molar-refractivity contribution in [3.63, 3.8) is 0 Å². The van der Waals surface area contributed by atoms with Gasteiger partial charge in [-0.15, -0.1) is 0 Å². The smallest absolute Gasteiger partial charge is 0.244 e. The van der Waals surface area contributed by atoms with Crippen LogP contribution in [0, 0.1) is 0 Å². The lowest BCUT2D eigenvalue weighted by atomic mass is 10.1. The van der Waals surface area contributed by atoms with Crippen molar-refractivity contribution in [3.8, 4) is 5.75 Å². The van der Waals surface area contributed by atoms with E-state index < -0.39 is 28.5 Å². The lowest BCUT2D eigenvalue weighted by Gasteiger charge is -2.31. The van der Waals surface area contributed by atoms with Crippen LogP contribution in [0.3, 0.4) is 0 Å². The third kappa shape index (κ3) is 6.96. The number of amides is 2. The lowest BCUT2D eigenvalue weighted by Crippen LogP contribution is -2.51. The van der Waals surface area contributed by atoms with Crippen molar-refractivity contribution in [2.24, 2.45) is 0 Å². The number of carbonyl (C=O) groups excluding carboxylic acids is 2. The fourth-order valence-electron chi connectivity index (χ4n) is 3.08. The van der Waals surface area contributed by atoms with Gasteiger partial charge in [-0.3, -0.25) is 13.9 Å². The van der Waals surface area contributed by atoms with Crippen molar-refractivity contribution in [1.29, 1.82) is 0 Å². The zero-order chi connectivity index (χ0) is 23.9. The van der Waals surface area contributed by atoms with Gasteiger partial charge in [0.1, 0.15) is 18.3 Å². The monoisotopic (exact) mass is 525 g/mol. The molecule has 0 heterocycles. The predicted molar refractivity (Wildman–Crippen MR) is 128 cm³/mol. The van der Waals surface area contributed by atoms with Gasteiger partial charge >= 0.3 is 0 Å². The van der Waals surface area contributed by atoms with Crippen molar-refractivity contribution in [3.05, 3.63) is 58.6 Å². The van der Waals surface area contributed by atoms with Crippen LogP contribution in [0.25, 0.3) is 0 Å². The van der Waals surface area contributed by atoms with Gasteiger partial charge in [-0.1, -0.05) is 34.1 Å². The molecular formula is C22H28BrN3O5S. The van der Waals surface area contributed by atoms with Gasteiger partial charge in [0.25, 0.3) is 0 Å². The average molecular weight is 526 g/mol. The number of rotatable bonds is 10. The molecule has 2 amide bonds. The van der Waals surface area contributed by atoms with Crippen LogP contribution in [-0.4, -0.2) is 57.6 Å². The summed E-state index contributed by atoms with van der Waals surface area (Å²) in [5, 5.41) is 2.72. The molecular weight excluding hydrogens is 498 g/mol. The maximum Gasteiger partial charge on any atom is 0.244 e. The van der Waals surface area contributed by atoms with E-state index in [-0.39, 0.29) is 12.5 Å². The first-order valence-corrected chi connectivity index (χ1v) is 12.6. The molecule has 0 fully saturated rings. The molecule has 0 bridgehead atoms. The Morgan fingerprint density at radius 3 is 2.34 bits per heavy atom. The molecule has 0 saturated carbocycles. The quantitative estimate of drug-likeness (QED) is 0.514. The average Bonchev–Trinajstić information content (AvgIpc) is 2.75. The molecule has 0 spiro atoms. The lowest BCUT2D eigenvalue weighted by molar-refractivity contribution is -0.139. The van der Waals surface area contributed by atoms with Crippen LogP contribution < -0.4 is 14.4 Å². The third-order valence-electron chi connectivity index (χ3n) is 4.81. The molecule has 2 aromatic carbocycles. The van der Waals surface area contributed by atoms with Crippen molar-refractivity contribution in [1.82, 2.24) is 10.2 Å². The summed E-state index contributed by atoms with van der Waals surface area (Å²) in [5.74, 6) is -0.144. The van der Waals surface area contributed by atoms with Gasteiger partial charge in [0, 0.05) is 17.6 Å². The first kappa shape index (κ1) is 25.7. The Morgan fingerprint density at radius 2 is 1.81 bits per heavy atom. The van der Waals surface area contributed by atoms with Gasteiger partial charge in [-0.25, -0.2) is 8.42 Å². The molecule has 32 heavy (non-hydrogen) atoms. The van der Waals surface area contributed by atoms with Gasteiger partial charge in [-0.2, -0.15) is 0 Å². The fraction of sp³-hybridized carbons (Fsp3) is 0.364. The largest absolute Gasteiger partial charge is 0.497 e. The summed E-state index contributed by atoms with van der Waals surface area (Å²) >= 11 is 3.33. The Balaban J connectivity index is 2.36. The minimum absolute atomic E-state index is 0.136. The molecule has 2 aromatic rings. The Bertz CT molecular complexity index is 1040. The summed E-state index contributed by atoms with van der Waals surface area (Å²) in [5.41, 5.74) is 1.13. The standard InChI is InChI=1S/C22H28BrN3O5S/c1-5-24-22(28)16(2)25(14-17-9-11-20(31-3)12-10-17)21(27)15-26(32(4,29)30)19-8-6-7-18(23)13-19/h6-13,16H,5,14-15H2,1-4H3,(H,24,28)/t16-/m0/s1. The minimum Gasteiger partial charge on any atom is -0.497 e. The summed E-state index contributed by atoms with van der Waals surface area (Å²) in [6, 6.07) is 13.0. The highest BCUT2D eigenvalue weighted by molar-refractivity contribution is 9.10. The van der Waals surface area contributed by atoms with E-state index in [9.17, 15) is 18.0 Å². The number of anilines is 1. The van der Waals surface area contributed by atoms with Crippen LogP contribution in [-0.2, 0) is 26.2 Å². The zero-order valence-corrected chi connectivity index (χ0v) is 20.9. The topological polar surface area (TPSA) is 96.0 Å². The SMILES string of the molecule is CCNC(=O)[C@H](C)N(Cc1ccc(OC)cc1)C(=O)CN(c1cccc(Br)c1)S(C)(=O)=O. The second kappa shape index (κ2) is 11.3. The van der Waals surface area contributed by atoms with E-state index in [2.05, 4.69) is 21.2 Å². The molecule has 174 valence electrons. The van der Waals surface area contributed by atoms with Gasteiger partial charge in [0.05, 0.1) is 19.1 Å². The summed E-state index contributed by atoms with van der Waals surface area (Å²) in [6.45, 7) is 3.53. The molecule has 0 aliphatic heterocycles. The third-order valence-corrected chi connectivity index (χ3v) is 6.44. The number of hydrogen-bond acceptors (Lipinski definition) is 5. The second-order valence-electron chi connectivity index (χ2n) is 7.19. The number of hydrogen-bond donors (Lipinski definition) is 1. The summed E-state index contributed by atoms with van der Waals surface area (Å²) < 4.78 is 31.8. The number of ether oxygens (including phenoxy) is 1. The number of benzene rings is 2. The van der Waals surface area contributed by atoms with E-state index in [1.165, 1.54) is 4.90 Å². The van der Waals surface area contributed by atoms with Gasteiger partial charge in [0.15, 0.2) is 0 Å². The molecule has 10 heteroatoms. The molecule has 0 saturated heterocycles. The second-order valence-corrected chi connectivity index (χ2v) is 10.0. The number of nitrogens with one attached hydrogen (secondary N) is 1. The number of sulfonamides is 1. The number of methoxy groups -OCH3 is 1. The Hall–Kier alpha value is -2.59. The van der Waals surface area contributed by atoms with Crippen LogP contribution in [0.5, 0.6) is 5.75 Å².